The zero-order valence-corrected chi connectivity index (χ0v) is 5.93. The lowest BCUT2D eigenvalue weighted by molar-refractivity contribution is -0.140. The van der Waals surface area contributed by atoms with Gasteiger partial charge in [-0.05, 0) is 0 Å². The average molecular weight is 142 g/mol. The van der Waals surface area contributed by atoms with Crippen molar-refractivity contribution >= 4 is 0 Å². The topological polar surface area (TPSA) is 30.5 Å². The van der Waals surface area contributed by atoms with Gasteiger partial charge < -0.3 is 14.8 Å². The molecular weight excluding hydrogens is 130 g/mol. The van der Waals surface area contributed by atoms with Crippen LogP contribution in [0.25, 0.3) is 0 Å². The van der Waals surface area contributed by atoms with Crippen LogP contribution in [0, 0.1) is 6.42 Å². The Morgan fingerprint density at radius 3 is 2.70 bits per heavy atom. The Labute approximate surface area is 60.7 Å². The Bertz CT molecular complexity index is 113. The van der Waals surface area contributed by atoms with Crippen LogP contribution in [-0.4, -0.2) is 32.1 Å². The van der Waals surface area contributed by atoms with E-state index in [1.54, 1.807) is 0 Å². The molecule has 2 fully saturated rings. The Kier molecular flexibility index (Phi) is 1.64. The second-order valence-electron chi connectivity index (χ2n) is 2.67. The lowest BCUT2D eigenvalue weighted by Crippen LogP contribution is -2.43. The fraction of sp³-hybridized carbons (Fsp3) is 0.857. The highest BCUT2D eigenvalue weighted by Gasteiger charge is 2.37. The van der Waals surface area contributed by atoms with Gasteiger partial charge in [-0.1, -0.05) is 0 Å². The minimum atomic E-state index is -0.314. The molecule has 0 aliphatic carbocycles. The van der Waals surface area contributed by atoms with Crippen molar-refractivity contribution in [3.63, 3.8) is 0 Å². The zero-order chi connectivity index (χ0) is 6.86. The summed E-state index contributed by atoms with van der Waals surface area (Å²) in [5.41, 5.74) is 0. The first-order valence-corrected chi connectivity index (χ1v) is 3.74. The summed E-state index contributed by atoms with van der Waals surface area (Å²) < 4.78 is 10.9. The van der Waals surface area contributed by atoms with E-state index in [1.807, 2.05) is 0 Å². The van der Waals surface area contributed by atoms with E-state index in [1.165, 1.54) is 0 Å². The third-order valence-corrected chi connectivity index (χ3v) is 1.98. The molecule has 3 heteroatoms. The molecule has 0 unspecified atom stereocenters. The fourth-order valence-corrected chi connectivity index (χ4v) is 1.43. The van der Waals surface area contributed by atoms with Gasteiger partial charge >= 0.3 is 0 Å². The Morgan fingerprint density at radius 2 is 2.10 bits per heavy atom. The van der Waals surface area contributed by atoms with Gasteiger partial charge in [-0.15, -0.1) is 0 Å². The van der Waals surface area contributed by atoms with E-state index in [9.17, 15) is 0 Å². The number of ether oxygens (including phenoxy) is 2. The first-order valence-electron chi connectivity index (χ1n) is 3.74. The molecule has 0 saturated carbocycles. The van der Waals surface area contributed by atoms with Crippen LogP contribution in [0.4, 0.5) is 0 Å². The summed E-state index contributed by atoms with van der Waals surface area (Å²) in [6.07, 6.45) is 3.02. The van der Waals surface area contributed by atoms with Gasteiger partial charge in [-0.2, -0.15) is 0 Å². The van der Waals surface area contributed by atoms with Crippen molar-refractivity contribution in [3.8, 4) is 0 Å². The van der Waals surface area contributed by atoms with Crippen molar-refractivity contribution in [2.75, 3.05) is 26.3 Å². The SMILES string of the molecule is [CH]1CNCCC12OCCO2. The van der Waals surface area contributed by atoms with E-state index in [-0.39, 0.29) is 5.79 Å². The predicted molar refractivity (Wildman–Crippen MR) is 36.4 cm³/mol. The summed E-state index contributed by atoms with van der Waals surface area (Å²) in [5.74, 6) is -0.314. The maximum atomic E-state index is 5.46. The lowest BCUT2D eigenvalue weighted by Gasteiger charge is -2.31. The maximum absolute atomic E-state index is 5.46. The molecule has 57 valence electrons. The number of rotatable bonds is 0. The minimum Gasteiger partial charge on any atom is -0.347 e. The van der Waals surface area contributed by atoms with Crippen LogP contribution in [0.1, 0.15) is 6.42 Å². The first-order chi connectivity index (χ1) is 4.91. The van der Waals surface area contributed by atoms with Crippen molar-refractivity contribution in [2.24, 2.45) is 0 Å². The van der Waals surface area contributed by atoms with Gasteiger partial charge in [0.2, 0.25) is 0 Å². The van der Waals surface area contributed by atoms with E-state index >= 15 is 0 Å². The Hall–Kier alpha value is -0.120. The molecule has 3 nitrogen and oxygen atoms in total. The molecule has 0 amide bonds. The van der Waals surface area contributed by atoms with Crippen molar-refractivity contribution in [3.05, 3.63) is 6.42 Å². The highest BCUT2D eigenvalue weighted by Crippen LogP contribution is 2.27. The highest BCUT2D eigenvalue weighted by atomic mass is 16.7. The van der Waals surface area contributed by atoms with Crippen LogP contribution < -0.4 is 5.32 Å². The van der Waals surface area contributed by atoms with Gasteiger partial charge in [0.1, 0.15) is 0 Å². The molecule has 0 atom stereocenters. The molecule has 2 heterocycles. The highest BCUT2D eigenvalue weighted by molar-refractivity contribution is 4.94. The van der Waals surface area contributed by atoms with Gasteiger partial charge in [0, 0.05) is 25.9 Å². The summed E-state index contributed by atoms with van der Waals surface area (Å²) in [7, 11) is 0. The normalized spacial score (nSPS) is 31.2. The van der Waals surface area contributed by atoms with Crippen molar-refractivity contribution in [1.29, 1.82) is 0 Å². The Morgan fingerprint density at radius 1 is 1.30 bits per heavy atom. The fourth-order valence-electron chi connectivity index (χ4n) is 1.43. The van der Waals surface area contributed by atoms with Crippen LogP contribution in [-0.2, 0) is 9.47 Å². The van der Waals surface area contributed by atoms with Crippen LogP contribution in [0.3, 0.4) is 0 Å². The van der Waals surface area contributed by atoms with Gasteiger partial charge in [0.25, 0.3) is 0 Å². The molecule has 2 rings (SSSR count). The van der Waals surface area contributed by atoms with Crippen LogP contribution in [0.5, 0.6) is 0 Å². The van der Waals surface area contributed by atoms with Crippen LogP contribution in [0.15, 0.2) is 0 Å². The molecule has 2 saturated heterocycles. The summed E-state index contributed by atoms with van der Waals surface area (Å²) in [5, 5.41) is 3.22. The van der Waals surface area contributed by atoms with E-state index in [2.05, 4.69) is 11.7 Å². The number of hydrogen-bond donors (Lipinski definition) is 1. The first kappa shape index (κ1) is 6.58. The molecule has 0 aromatic heterocycles. The lowest BCUT2D eigenvalue weighted by atomic mass is 10.1. The van der Waals surface area contributed by atoms with Gasteiger partial charge in [0.15, 0.2) is 5.79 Å². The van der Waals surface area contributed by atoms with Gasteiger partial charge in [-0.3, -0.25) is 0 Å². The number of nitrogens with one attached hydrogen (secondary N) is 1. The second-order valence-corrected chi connectivity index (χ2v) is 2.67. The van der Waals surface area contributed by atoms with E-state index in [0.29, 0.717) is 0 Å². The zero-order valence-electron chi connectivity index (χ0n) is 5.93. The molecule has 0 aromatic rings. The molecule has 1 N–H and O–H groups in total. The van der Waals surface area contributed by atoms with Crippen molar-refractivity contribution < 1.29 is 9.47 Å². The summed E-state index contributed by atoms with van der Waals surface area (Å²) >= 11 is 0. The standard InChI is InChI=1S/C7H12NO2/c1-3-8-4-2-7(1)9-5-6-10-7/h1,8H,2-6H2. The molecule has 2 aliphatic rings. The predicted octanol–water partition coefficient (Wildman–Crippen LogP) is -0.0729. The molecule has 0 bridgehead atoms. The third-order valence-electron chi connectivity index (χ3n) is 1.98. The van der Waals surface area contributed by atoms with Gasteiger partial charge in [-0.25, -0.2) is 0 Å². The molecule has 0 aromatic carbocycles. The summed E-state index contributed by atoms with van der Waals surface area (Å²) in [4.78, 5) is 0. The van der Waals surface area contributed by atoms with E-state index in [0.717, 1.165) is 32.7 Å². The van der Waals surface area contributed by atoms with Crippen LogP contribution >= 0.6 is 0 Å². The molecular formula is C7H12NO2. The smallest absolute Gasteiger partial charge is 0.174 e. The minimum absolute atomic E-state index is 0.314. The molecule has 1 spiro atoms. The molecule has 10 heavy (non-hydrogen) atoms. The van der Waals surface area contributed by atoms with Crippen molar-refractivity contribution in [1.82, 2.24) is 5.32 Å². The quantitative estimate of drug-likeness (QED) is 0.513. The monoisotopic (exact) mass is 142 g/mol. The average Bonchev–Trinajstić information content (AvgIpc) is 2.39. The van der Waals surface area contributed by atoms with E-state index in [4.69, 9.17) is 9.47 Å². The Balaban J connectivity index is 1.98. The molecule has 1 radical (unpaired) electrons. The second kappa shape index (κ2) is 2.49. The number of piperidine rings is 1. The van der Waals surface area contributed by atoms with Crippen molar-refractivity contribution in [2.45, 2.75) is 12.2 Å². The van der Waals surface area contributed by atoms with E-state index < -0.39 is 0 Å². The van der Waals surface area contributed by atoms with Crippen LogP contribution in [0.2, 0.25) is 0 Å². The molecule has 2 aliphatic heterocycles. The summed E-state index contributed by atoms with van der Waals surface area (Å²) in [6, 6.07) is 0. The third kappa shape index (κ3) is 1.05. The maximum Gasteiger partial charge on any atom is 0.174 e. The summed E-state index contributed by atoms with van der Waals surface area (Å²) in [6.45, 7) is 3.39. The largest absolute Gasteiger partial charge is 0.347 e. The number of hydrogen-bond acceptors (Lipinski definition) is 3. The van der Waals surface area contributed by atoms with Gasteiger partial charge in [0.05, 0.1) is 13.2 Å².